The van der Waals surface area contributed by atoms with Crippen LogP contribution in [0.2, 0.25) is 0 Å². The van der Waals surface area contributed by atoms with Crippen molar-refractivity contribution in [2.45, 2.75) is 6.42 Å². The predicted octanol–water partition coefficient (Wildman–Crippen LogP) is 10.7. The molecule has 48 heavy (non-hydrogen) atoms. The molecule has 0 saturated carbocycles. The van der Waals surface area contributed by atoms with E-state index in [9.17, 15) is 0 Å². The second-order valence-corrected chi connectivity index (χ2v) is 14.7. The highest BCUT2D eigenvalue weighted by Gasteiger charge is 2.39. The SMILES string of the molecule is C1=C(Oc2c3ccccc3c(-c3cc4ccccc4c4ccccc34)c3cnccc23)C=C2C(=[P+](c3ccccc3)c3ccccc32)C1. The lowest BCUT2D eigenvalue weighted by molar-refractivity contribution is 0.453. The summed E-state index contributed by atoms with van der Waals surface area (Å²) < 4.78 is 7.05. The molecule has 1 aliphatic carbocycles. The average Bonchev–Trinajstić information content (AvgIpc) is 3.49. The van der Waals surface area contributed by atoms with Gasteiger partial charge < -0.3 is 4.74 Å². The maximum atomic E-state index is 7.05. The van der Waals surface area contributed by atoms with Gasteiger partial charge in [-0.25, -0.2) is 0 Å². The Morgan fingerprint density at radius 2 is 1.25 bits per heavy atom. The van der Waals surface area contributed by atoms with Crippen molar-refractivity contribution in [3.8, 4) is 16.9 Å². The van der Waals surface area contributed by atoms with E-state index >= 15 is 0 Å². The minimum absolute atomic E-state index is 0.566. The smallest absolute Gasteiger partial charge is 0.174 e. The number of aromatic nitrogens is 1. The molecule has 0 N–H and O–H groups in total. The molecule has 10 rings (SSSR count). The first-order valence-electron chi connectivity index (χ1n) is 16.4. The van der Waals surface area contributed by atoms with E-state index < -0.39 is 7.55 Å². The Kier molecular flexibility index (Phi) is 6.19. The van der Waals surface area contributed by atoms with Gasteiger partial charge in [-0.3, -0.25) is 4.98 Å². The van der Waals surface area contributed by atoms with Crippen LogP contribution in [0, 0.1) is 0 Å². The fourth-order valence-corrected chi connectivity index (χ4v) is 10.5. The monoisotopic (exact) mass is 630 g/mol. The van der Waals surface area contributed by atoms with Gasteiger partial charge in [-0.2, -0.15) is 0 Å². The quantitative estimate of drug-likeness (QED) is 0.110. The maximum Gasteiger partial charge on any atom is 0.174 e. The minimum Gasteiger partial charge on any atom is -0.456 e. The van der Waals surface area contributed by atoms with Crippen molar-refractivity contribution < 1.29 is 4.74 Å². The third kappa shape index (κ3) is 4.13. The molecule has 2 nitrogen and oxygen atoms in total. The Morgan fingerprint density at radius 3 is 2.12 bits per heavy atom. The van der Waals surface area contributed by atoms with Crippen LogP contribution in [0.5, 0.6) is 5.75 Å². The van der Waals surface area contributed by atoms with Gasteiger partial charge in [0.15, 0.2) is 18.2 Å². The van der Waals surface area contributed by atoms with E-state index in [1.165, 1.54) is 59.7 Å². The second kappa shape index (κ2) is 10.9. The Morgan fingerprint density at radius 1 is 0.562 bits per heavy atom. The summed E-state index contributed by atoms with van der Waals surface area (Å²) in [4.78, 5) is 4.66. The van der Waals surface area contributed by atoms with E-state index in [0.717, 1.165) is 39.5 Å². The van der Waals surface area contributed by atoms with E-state index in [4.69, 9.17) is 4.74 Å². The Bertz CT molecular complexity index is 2660. The molecular weight excluding hydrogens is 601 g/mol. The van der Waals surface area contributed by atoms with Crippen LogP contribution >= 0.6 is 7.55 Å². The topological polar surface area (TPSA) is 22.1 Å². The van der Waals surface area contributed by atoms with Crippen molar-refractivity contribution in [3.63, 3.8) is 0 Å². The van der Waals surface area contributed by atoms with E-state index in [-0.39, 0.29) is 0 Å². The van der Waals surface area contributed by atoms with Crippen LogP contribution in [0.3, 0.4) is 0 Å². The van der Waals surface area contributed by atoms with Crippen molar-refractivity contribution in [3.05, 3.63) is 175 Å². The summed E-state index contributed by atoms with van der Waals surface area (Å²) in [6, 6.07) is 50.5. The lowest BCUT2D eigenvalue weighted by Crippen LogP contribution is -2.08. The van der Waals surface area contributed by atoms with Crippen molar-refractivity contribution in [1.29, 1.82) is 0 Å². The van der Waals surface area contributed by atoms with Crippen LogP contribution in [0.4, 0.5) is 0 Å². The lowest BCUT2D eigenvalue weighted by atomic mass is 9.87. The molecule has 3 heteroatoms. The highest BCUT2D eigenvalue weighted by Crippen LogP contribution is 2.48. The van der Waals surface area contributed by atoms with Gasteiger partial charge in [-0.15, -0.1) is 0 Å². The zero-order valence-electron chi connectivity index (χ0n) is 26.1. The number of hydrogen-bond acceptors (Lipinski definition) is 2. The molecule has 0 amide bonds. The van der Waals surface area contributed by atoms with Crippen molar-refractivity contribution >= 4 is 72.1 Å². The van der Waals surface area contributed by atoms with Crippen LogP contribution in [-0.2, 0) is 0 Å². The van der Waals surface area contributed by atoms with Gasteiger partial charge in [-0.1, -0.05) is 103 Å². The number of pyridine rings is 1. The Labute approximate surface area is 279 Å². The lowest BCUT2D eigenvalue weighted by Gasteiger charge is -2.20. The number of nitrogens with zero attached hydrogens (tertiary/aromatic N) is 1. The second-order valence-electron chi connectivity index (χ2n) is 12.5. The minimum atomic E-state index is -0.566. The summed E-state index contributed by atoms with van der Waals surface area (Å²) in [6.07, 6.45) is 9.31. The molecule has 1 aromatic heterocycles. The number of rotatable bonds is 4. The first-order chi connectivity index (χ1) is 23.8. The molecule has 7 aromatic carbocycles. The summed E-state index contributed by atoms with van der Waals surface area (Å²) in [7, 11) is -0.566. The zero-order valence-corrected chi connectivity index (χ0v) is 27.0. The summed E-state index contributed by atoms with van der Waals surface area (Å²) in [5.74, 6) is 1.76. The van der Waals surface area contributed by atoms with Crippen LogP contribution in [0.15, 0.2) is 170 Å². The summed E-state index contributed by atoms with van der Waals surface area (Å²) in [5.41, 5.74) is 5.04. The molecule has 0 spiro atoms. The first kappa shape index (κ1) is 27.3. The van der Waals surface area contributed by atoms with Crippen LogP contribution in [-0.4, -0.2) is 10.3 Å². The Hall–Kier alpha value is -5.82. The highest BCUT2D eigenvalue weighted by atomic mass is 31.1. The van der Waals surface area contributed by atoms with Crippen LogP contribution in [0.1, 0.15) is 12.0 Å². The third-order valence-corrected chi connectivity index (χ3v) is 12.5. The number of allylic oxidation sites excluding steroid dienone is 3. The summed E-state index contributed by atoms with van der Waals surface area (Å²) >= 11 is 0. The molecule has 224 valence electrons. The summed E-state index contributed by atoms with van der Waals surface area (Å²) in [6.45, 7) is 0. The number of benzene rings is 7. The van der Waals surface area contributed by atoms with Crippen molar-refractivity contribution in [2.75, 3.05) is 0 Å². The number of fused-ring (bicyclic) bond motifs is 8. The van der Waals surface area contributed by atoms with Gasteiger partial charge in [0, 0.05) is 46.1 Å². The molecule has 2 aliphatic rings. The zero-order chi connectivity index (χ0) is 31.6. The fraction of sp³-hybridized carbons (Fsp3) is 0.0222. The predicted molar refractivity (Wildman–Crippen MR) is 205 cm³/mol. The van der Waals surface area contributed by atoms with Crippen molar-refractivity contribution in [2.24, 2.45) is 0 Å². The molecule has 2 heterocycles. The summed E-state index contributed by atoms with van der Waals surface area (Å²) in [5, 5.41) is 13.7. The van der Waals surface area contributed by atoms with Gasteiger partial charge in [0.05, 0.1) is 0 Å². The van der Waals surface area contributed by atoms with Gasteiger partial charge in [0.25, 0.3) is 0 Å². The molecule has 8 aromatic rings. The van der Waals surface area contributed by atoms with Crippen LogP contribution in [0.25, 0.3) is 59.8 Å². The molecule has 0 fully saturated rings. The number of ether oxygens (including phenoxy) is 1. The molecule has 1 unspecified atom stereocenters. The fourth-order valence-electron chi connectivity index (χ4n) is 7.78. The van der Waals surface area contributed by atoms with E-state index in [1.54, 1.807) is 0 Å². The van der Waals surface area contributed by atoms with E-state index in [1.807, 2.05) is 12.4 Å². The third-order valence-electron chi connectivity index (χ3n) is 9.85. The highest BCUT2D eigenvalue weighted by molar-refractivity contribution is 7.75. The number of hydrogen-bond donors (Lipinski definition) is 0. The molecule has 0 saturated heterocycles. The van der Waals surface area contributed by atoms with Gasteiger partial charge in [-0.05, 0) is 86.6 Å². The maximum absolute atomic E-state index is 7.05. The molecule has 0 radical (unpaired) electrons. The normalized spacial score (nSPS) is 14.7. The van der Waals surface area contributed by atoms with Gasteiger partial charge >= 0.3 is 0 Å². The molecular formula is C45H29NOP+. The molecule has 0 bridgehead atoms. The first-order valence-corrected chi connectivity index (χ1v) is 17.8. The average molecular weight is 631 g/mol. The standard InChI is InChI=1S/C45H29NOP/c1-2-13-31(14-3-1)48-42-21-11-10-18-35(42)39-27-30(22-23-43(39)48)47-45-37-20-9-8-19-36(37)44(41-28-46-25-24-38(41)45)40-26-29-12-4-5-15-32(29)33-16-6-7-17-34(33)40/h1-22,24-28H,23H2/q+1. The Balaban J connectivity index is 1.18. The largest absolute Gasteiger partial charge is 0.456 e. The molecule has 1 atom stereocenters. The van der Waals surface area contributed by atoms with Crippen molar-refractivity contribution in [1.82, 2.24) is 4.98 Å². The van der Waals surface area contributed by atoms with Crippen LogP contribution < -0.4 is 15.3 Å². The van der Waals surface area contributed by atoms with Gasteiger partial charge in [0.2, 0.25) is 0 Å². The molecule has 1 aliphatic heterocycles. The van der Waals surface area contributed by atoms with E-state index in [2.05, 4.69) is 157 Å². The van der Waals surface area contributed by atoms with E-state index in [0.29, 0.717) is 0 Å². The van der Waals surface area contributed by atoms with Gasteiger partial charge in [0.1, 0.15) is 16.8 Å².